The van der Waals surface area contributed by atoms with Crippen molar-refractivity contribution < 1.29 is 23.8 Å². The Labute approximate surface area is 125 Å². The molecule has 1 aromatic heterocycles. The van der Waals surface area contributed by atoms with Crippen LogP contribution in [0.4, 0.5) is 4.39 Å². The highest BCUT2D eigenvalue weighted by molar-refractivity contribution is 7.14. The highest BCUT2D eigenvalue weighted by Crippen LogP contribution is 2.30. The lowest BCUT2D eigenvalue weighted by atomic mass is 10.2. The van der Waals surface area contributed by atoms with E-state index in [0.717, 1.165) is 11.3 Å². The van der Waals surface area contributed by atoms with Gasteiger partial charge in [-0.2, -0.15) is 0 Å². The van der Waals surface area contributed by atoms with Gasteiger partial charge in [0.15, 0.2) is 4.88 Å². The molecule has 4 nitrogen and oxygen atoms in total. The standard InChI is InChI=1S/C15H15FO4S/c1-3-11-7-13(14(21-11)15(17)18)20-8-9-4-5-10(19-2)6-12(9)16/h4-7H,3,8H2,1-2H3,(H,17,18). The maximum atomic E-state index is 13.8. The van der Waals surface area contributed by atoms with Crippen molar-refractivity contribution in [2.24, 2.45) is 0 Å². The van der Waals surface area contributed by atoms with Crippen LogP contribution in [0.3, 0.4) is 0 Å². The minimum Gasteiger partial charge on any atom is -0.497 e. The van der Waals surface area contributed by atoms with Crippen molar-refractivity contribution >= 4 is 17.3 Å². The number of rotatable bonds is 6. The molecular weight excluding hydrogens is 295 g/mol. The van der Waals surface area contributed by atoms with Gasteiger partial charge in [-0.05, 0) is 24.6 Å². The van der Waals surface area contributed by atoms with Crippen molar-refractivity contribution in [1.82, 2.24) is 0 Å². The molecule has 0 aliphatic carbocycles. The molecule has 0 saturated heterocycles. The van der Waals surface area contributed by atoms with Crippen LogP contribution >= 0.6 is 11.3 Å². The zero-order valence-corrected chi connectivity index (χ0v) is 12.5. The number of benzene rings is 1. The van der Waals surface area contributed by atoms with E-state index in [1.54, 1.807) is 18.2 Å². The molecule has 0 bridgehead atoms. The number of carboxylic acid groups (broad SMARTS) is 1. The molecule has 0 spiro atoms. The highest BCUT2D eigenvalue weighted by Gasteiger charge is 2.17. The number of hydrogen-bond acceptors (Lipinski definition) is 4. The SMILES string of the molecule is CCc1cc(OCc2ccc(OC)cc2F)c(C(=O)O)s1. The van der Waals surface area contributed by atoms with Gasteiger partial charge in [0.25, 0.3) is 0 Å². The van der Waals surface area contributed by atoms with Gasteiger partial charge in [-0.25, -0.2) is 9.18 Å². The van der Waals surface area contributed by atoms with E-state index in [4.69, 9.17) is 14.6 Å². The maximum absolute atomic E-state index is 13.8. The Hall–Kier alpha value is -2.08. The van der Waals surface area contributed by atoms with Gasteiger partial charge >= 0.3 is 5.97 Å². The number of carboxylic acids is 1. The Morgan fingerprint density at radius 3 is 2.71 bits per heavy atom. The Kier molecular flexibility index (Phi) is 4.80. The molecule has 0 unspecified atom stereocenters. The number of aromatic carboxylic acids is 1. The van der Waals surface area contributed by atoms with E-state index in [1.165, 1.54) is 24.5 Å². The number of methoxy groups -OCH3 is 1. The van der Waals surface area contributed by atoms with Crippen LogP contribution in [0.5, 0.6) is 11.5 Å². The van der Waals surface area contributed by atoms with E-state index in [1.807, 2.05) is 6.92 Å². The van der Waals surface area contributed by atoms with E-state index >= 15 is 0 Å². The lowest BCUT2D eigenvalue weighted by Gasteiger charge is -2.08. The smallest absolute Gasteiger partial charge is 0.349 e. The van der Waals surface area contributed by atoms with Crippen molar-refractivity contribution in [3.63, 3.8) is 0 Å². The third kappa shape index (κ3) is 3.52. The summed E-state index contributed by atoms with van der Waals surface area (Å²) in [6, 6.07) is 6.14. The Morgan fingerprint density at radius 1 is 1.38 bits per heavy atom. The second-order valence-corrected chi connectivity index (χ2v) is 5.45. The maximum Gasteiger partial charge on any atom is 0.349 e. The fourth-order valence-corrected chi connectivity index (χ4v) is 2.66. The van der Waals surface area contributed by atoms with Gasteiger partial charge in [-0.15, -0.1) is 11.3 Å². The summed E-state index contributed by atoms with van der Waals surface area (Å²) in [6.45, 7) is 1.90. The van der Waals surface area contributed by atoms with Gasteiger partial charge in [0.1, 0.15) is 23.9 Å². The van der Waals surface area contributed by atoms with Crippen LogP contribution in [0, 0.1) is 5.82 Å². The molecule has 2 aromatic rings. The summed E-state index contributed by atoms with van der Waals surface area (Å²) in [4.78, 5) is 12.2. The Bertz CT molecular complexity index is 651. The van der Waals surface area contributed by atoms with E-state index in [9.17, 15) is 9.18 Å². The number of ether oxygens (including phenoxy) is 2. The van der Waals surface area contributed by atoms with E-state index < -0.39 is 11.8 Å². The fraction of sp³-hybridized carbons (Fsp3) is 0.267. The molecule has 0 amide bonds. The van der Waals surface area contributed by atoms with Gasteiger partial charge in [0, 0.05) is 16.5 Å². The van der Waals surface area contributed by atoms with Crippen molar-refractivity contribution in [2.45, 2.75) is 20.0 Å². The number of hydrogen-bond donors (Lipinski definition) is 1. The lowest BCUT2D eigenvalue weighted by molar-refractivity contribution is 0.0697. The summed E-state index contributed by atoms with van der Waals surface area (Å²) in [7, 11) is 1.46. The lowest BCUT2D eigenvalue weighted by Crippen LogP contribution is -2.02. The van der Waals surface area contributed by atoms with Gasteiger partial charge in [-0.1, -0.05) is 6.92 Å². The average Bonchev–Trinajstić information content (AvgIpc) is 2.89. The van der Waals surface area contributed by atoms with Crippen LogP contribution in [0.15, 0.2) is 24.3 Å². The molecule has 0 radical (unpaired) electrons. The summed E-state index contributed by atoms with van der Waals surface area (Å²) in [5.74, 6) is -0.784. The fourth-order valence-electron chi connectivity index (χ4n) is 1.78. The first-order valence-electron chi connectivity index (χ1n) is 6.36. The van der Waals surface area contributed by atoms with Gasteiger partial charge in [0.05, 0.1) is 7.11 Å². The first-order chi connectivity index (χ1) is 10.0. The molecule has 0 atom stereocenters. The van der Waals surface area contributed by atoms with Gasteiger partial charge in [0.2, 0.25) is 0 Å². The molecular formula is C15H15FO4S. The predicted octanol–water partition coefficient (Wildman–Crippen LogP) is 3.74. The van der Waals surface area contributed by atoms with Crippen molar-refractivity contribution in [1.29, 1.82) is 0 Å². The number of halogens is 1. The summed E-state index contributed by atoms with van der Waals surface area (Å²) >= 11 is 1.17. The van der Waals surface area contributed by atoms with Crippen LogP contribution < -0.4 is 9.47 Å². The zero-order chi connectivity index (χ0) is 15.4. The second kappa shape index (κ2) is 6.58. The van der Waals surface area contributed by atoms with E-state index in [2.05, 4.69) is 0 Å². The van der Waals surface area contributed by atoms with Crippen LogP contribution in [0.25, 0.3) is 0 Å². The molecule has 1 aromatic carbocycles. The Balaban J connectivity index is 2.16. The van der Waals surface area contributed by atoms with Gasteiger partial charge in [-0.3, -0.25) is 0 Å². The summed E-state index contributed by atoms with van der Waals surface area (Å²) < 4.78 is 24.2. The van der Waals surface area contributed by atoms with Crippen LogP contribution in [-0.2, 0) is 13.0 Å². The zero-order valence-electron chi connectivity index (χ0n) is 11.7. The van der Waals surface area contributed by atoms with Crippen molar-refractivity contribution in [3.8, 4) is 11.5 Å². The summed E-state index contributed by atoms with van der Waals surface area (Å²) in [5, 5.41) is 9.13. The topological polar surface area (TPSA) is 55.8 Å². The molecule has 1 heterocycles. The average molecular weight is 310 g/mol. The van der Waals surface area contributed by atoms with Gasteiger partial charge < -0.3 is 14.6 Å². The third-order valence-electron chi connectivity index (χ3n) is 2.94. The highest BCUT2D eigenvalue weighted by atomic mass is 32.1. The molecule has 0 aliphatic rings. The quantitative estimate of drug-likeness (QED) is 0.883. The minimum absolute atomic E-state index is 0.0318. The van der Waals surface area contributed by atoms with Crippen molar-refractivity contribution in [3.05, 3.63) is 45.4 Å². The van der Waals surface area contributed by atoms with Crippen LogP contribution in [0.2, 0.25) is 0 Å². The molecule has 112 valence electrons. The Morgan fingerprint density at radius 2 is 2.14 bits per heavy atom. The molecule has 2 rings (SSSR count). The second-order valence-electron chi connectivity index (χ2n) is 4.31. The first kappa shape index (κ1) is 15.3. The molecule has 0 saturated carbocycles. The number of carbonyl (C=O) groups is 1. The van der Waals surface area contributed by atoms with Crippen LogP contribution in [-0.4, -0.2) is 18.2 Å². The van der Waals surface area contributed by atoms with Crippen LogP contribution in [0.1, 0.15) is 27.0 Å². The first-order valence-corrected chi connectivity index (χ1v) is 7.18. The van der Waals surface area contributed by atoms with Crippen molar-refractivity contribution in [2.75, 3.05) is 7.11 Å². The molecule has 6 heteroatoms. The number of aryl methyl sites for hydroxylation is 1. The summed E-state index contributed by atoms with van der Waals surface area (Å²) in [6.07, 6.45) is 0.727. The normalized spacial score (nSPS) is 10.4. The largest absolute Gasteiger partial charge is 0.497 e. The molecule has 0 aliphatic heterocycles. The third-order valence-corrected chi connectivity index (χ3v) is 4.18. The number of thiophene rings is 1. The van der Waals surface area contributed by atoms with E-state index in [0.29, 0.717) is 11.3 Å². The molecule has 1 N–H and O–H groups in total. The monoisotopic (exact) mass is 310 g/mol. The minimum atomic E-state index is -1.04. The van der Waals surface area contributed by atoms with E-state index in [-0.39, 0.29) is 17.2 Å². The molecule has 0 fully saturated rings. The summed E-state index contributed by atoms with van der Waals surface area (Å²) in [5.41, 5.74) is 0.344. The molecule has 21 heavy (non-hydrogen) atoms. The predicted molar refractivity (Wildman–Crippen MR) is 77.9 cm³/mol.